The average Bonchev–Trinajstić information content (AvgIpc) is 2.84. The van der Waals surface area contributed by atoms with Gasteiger partial charge in [-0.3, -0.25) is 9.59 Å². The van der Waals surface area contributed by atoms with Gasteiger partial charge in [-0.25, -0.2) is 9.44 Å². The van der Waals surface area contributed by atoms with E-state index in [1.54, 1.807) is 23.1 Å². The fourth-order valence-corrected chi connectivity index (χ4v) is 4.00. The Balaban J connectivity index is 2.05. The first-order chi connectivity index (χ1) is 16.3. The molecule has 0 fully saturated rings. The first-order valence-corrected chi connectivity index (χ1v) is 12.6. The van der Waals surface area contributed by atoms with E-state index >= 15 is 0 Å². The van der Waals surface area contributed by atoms with Crippen molar-refractivity contribution < 1.29 is 27.5 Å². The van der Waals surface area contributed by atoms with Gasteiger partial charge in [0.1, 0.15) is 0 Å². The van der Waals surface area contributed by atoms with Crippen LogP contribution in [-0.2, 0) is 21.4 Å². The summed E-state index contributed by atoms with van der Waals surface area (Å²) in [6.07, 6.45) is 2.60. The molecule has 0 aliphatic heterocycles. The molecule has 0 saturated carbocycles. The number of hydrogen-bond acceptors (Lipinski definition) is 6. The summed E-state index contributed by atoms with van der Waals surface area (Å²) in [4.78, 5) is 27.0. The highest BCUT2D eigenvalue weighted by Crippen LogP contribution is 2.31. The maximum absolute atomic E-state index is 13.4. The quantitative estimate of drug-likeness (QED) is 0.393. The van der Waals surface area contributed by atoms with E-state index < -0.39 is 16.1 Å². The summed E-state index contributed by atoms with van der Waals surface area (Å²) in [5, 5.41) is 0. The minimum Gasteiger partial charge on any atom is -0.493 e. The van der Waals surface area contributed by atoms with Gasteiger partial charge in [-0.15, -0.1) is 0 Å². The normalized spacial score (nSPS) is 11.0. The molecule has 0 saturated heterocycles. The number of hydrogen-bond donors (Lipinski definition) is 2. The highest BCUT2D eigenvalue weighted by molar-refractivity contribution is 7.88. The topological polar surface area (TPSA) is 114 Å². The Morgan fingerprint density at radius 3 is 2.26 bits per heavy atom. The molecule has 2 amide bonds. The zero-order chi connectivity index (χ0) is 25.0. The number of methoxy groups -OCH3 is 2. The van der Waals surface area contributed by atoms with Crippen molar-refractivity contribution in [2.24, 2.45) is 0 Å². The summed E-state index contributed by atoms with van der Waals surface area (Å²) in [6.45, 7) is 0.939. The van der Waals surface area contributed by atoms with Crippen LogP contribution in [0.4, 0.5) is 0 Å². The van der Waals surface area contributed by atoms with Crippen LogP contribution in [0.3, 0.4) is 0 Å². The number of nitrogens with one attached hydrogen (secondary N) is 2. The van der Waals surface area contributed by atoms with Gasteiger partial charge in [-0.05, 0) is 43.4 Å². The highest BCUT2D eigenvalue weighted by atomic mass is 32.2. The predicted octanol–water partition coefficient (Wildman–Crippen LogP) is 2.53. The van der Waals surface area contributed by atoms with Crippen LogP contribution in [0.25, 0.3) is 0 Å². The third-order valence-electron chi connectivity index (χ3n) is 5.26. The molecule has 0 spiro atoms. The molecule has 0 aliphatic carbocycles. The first kappa shape index (κ1) is 27.1. The lowest BCUT2D eigenvalue weighted by Crippen LogP contribution is -2.38. The number of ether oxygens (including phenoxy) is 2. The second-order valence-corrected chi connectivity index (χ2v) is 9.23. The summed E-state index contributed by atoms with van der Waals surface area (Å²) in [5.74, 6) is 0.0662. The number of carbonyl (C=O) groups excluding carboxylic acids is 2. The maximum Gasteiger partial charge on any atom is 0.301 e. The number of carbonyl (C=O) groups is 2. The number of unbranched alkanes of at least 4 members (excludes halogenated alkanes) is 1. The zero-order valence-electron chi connectivity index (χ0n) is 19.9. The van der Waals surface area contributed by atoms with Gasteiger partial charge in [0, 0.05) is 26.6 Å². The van der Waals surface area contributed by atoms with E-state index in [4.69, 9.17) is 9.47 Å². The Hall–Kier alpha value is -3.11. The van der Waals surface area contributed by atoms with Crippen molar-refractivity contribution in [3.63, 3.8) is 0 Å². The van der Waals surface area contributed by atoms with Crippen LogP contribution in [0.5, 0.6) is 11.5 Å². The summed E-state index contributed by atoms with van der Waals surface area (Å²) < 4.78 is 37.6. The van der Waals surface area contributed by atoms with E-state index in [0.29, 0.717) is 43.0 Å². The van der Waals surface area contributed by atoms with Crippen LogP contribution in [0.1, 0.15) is 41.6 Å². The van der Waals surface area contributed by atoms with Crippen LogP contribution in [0.15, 0.2) is 48.5 Å². The van der Waals surface area contributed by atoms with Crippen molar-refractivity contribution in [3.8, 4) is 11.5 Å². The second-order valence-electron chi connectivity index (χ2n) is 7.61. The van der Waals surface area contributed by atoms with Gasteiger partial charge in [0.2, 0.25) is 5.91 Å². The van der Waals surface area contributed by atoms with Gasteiger partial charge in [0.15, 0.2) is 11.5 Å². The molecule has 0 bridgehead atoms. The molecule has 2 aromatic carbocycles. The lowest BCUT2D eigenvalue weighted by atomic mass is 10.1. The average molecular weight is 492 g/mol. The molecule has 2 rings (SSSR count). The Bertz CT molecular complexity index is 1040. The standard InChI is InChI=1S/C24H33N3O6S/c1-25-34(30,31)26-22(28)16-7-8-17-27(18-10-13-19-11-5-4-6-12-19)24(29)20-14-9-15-21(32-2)23(20)33-3/h4-6,9,11-12,14-15,25H,7-8,10,13,16-18H2,1-3H3,(H,26,28). The van der Waals surface area contributed by atoms with Crippen molar-refractivity contribution in [3.05, 3.63) is 59.7 Å². The van der Waals surface area contributed by atoms with E-state index in [-0.39, 0.29) is 12.3 Å². The van der Waals surface area contributed by atoms with Crippen LogP contribution in [0, 0.1) is 0 Å². The van der Waals surface area contributed by atoms with Gasteiger partial charge in [0.05, 0.1) is 19.8 Å². The number of aryl methyl sites for hydroxylation is 1. The molecule has 34 heavy (non-hydrogen) atoms. The molecule has 0 unspecified atom stereocenters. The minimum atomic E-state index is -3.81. The minimum absolute atomic E-state index is 0.0371. The molecular formula is C24H33N3O6S. The molecule has 10 heteroatoms. The summed E-state index contributed by atoms with van der Waals surface area (Å²) in [6, 6.07) is 15.2. The Kier molecular flexibility index (Phi) is 10.8. The van der Waals surface area contributed by atoms with Crippen molar-refractivity contribution in [1.82, 2.24) is 14.3 Å². The smallest absolute Gasteiger partial charge is 0.301 e. The van der Waals surface area contributed by atoms with Crippen LogP contribution in [0.2, 0.25) is 0 Å². The van der Waals surface area contributed by atoms with Gasteiger partial charge in [0.25, 0.3) is 5.91 Å². The highest BCUT2D eigenvalue weighted by Gasteiger charge is 2.22. The number of rotatable bonds is 14. The van der Waals surface area contributed by atoms with Gasteiger partial charge < -0.3 is 14.4 Å². The fraction of sp³-hybridized carbons (Fsp3) is 0.417. The van der Waals surface area contributed by atoms with Gasteiger partial charge in [-0.1, -0.05) is 36.4 Å². The monoisotopic (exact) mass is 491 g/mol. The van der Waals surface area contributed by atoms with E-state index in [9.17, 15) is 18.0 Å². The molecule has 9 nitrogen and oxygen atoms in total. The molecule has 0 aromatic heterocycles. The zero-order valence-corrected chi connectivity index (χ0v) is 20.7. The molecule has 2 N–H and O–H groups in total. The lowest BCUT2D eigenvalue weighted by Gasteiger charge is -2.24. The summed E-state index contributed by atoms with van der Waals surface area (Å²) in [5.41, 5.74) is 1.59. The lowest BCUT2D eigenvalue weighted by molar-refractivity contribution is -0.119. The van der Waals surface area contributed by atoms with E-state index in [0.717, 1.165) is 12.8 Å². The number of nitrogens with zero attached hydrogens (tertiary/aromatic N) is 1. The molecular weight excluding hydrogens is 458 g/mol. The summed E-state index contributed by atoms with van der Waals surface area (Å²) in [7, 11) is 0.419. The Labute approximate surface area is 201 Å². The predicted molar refractivity (Wildman–Crippen MR) is 130 cm³/mol. The van der Waals surface area contributed by atoms with Crippen LogP contribution in [-0.4, -0.2) is 59.5 Å². The molecule has 0 atom stereocenters. The van der Waals surface area contributed by atoms with Crippen molar-refractivity contribution in [2.75, 3.05) is 34.4 Å². The number of benzene rings is 2. The summed E-state index contributed by atoms with van der Waals surface area (Å²) >= 11 is 0. The van der Waals surface area contributed by atoms with E-state index in [2.05, 4.69) is 12.1 Å². The third-order valence-corrected chi connectivity index (χ3v) is 6.29. The molecule has 0 aliphatic rings. The second kappa shape index (κ2) is 13.6. The van der Waals surface area contributed by atoms with Crippen molar-refractivity contribution >= 4 is 22.0 Å². The Morgan fingerprint density at radius 2 is 1.62 bits per heavy atom. The third kappa shape index (κ3) is 8.35. The fourth-order valence-electron chi connectivity index (χ4n) is 3.50. The van der Waals surface area contributed by atoms with Crippen molar-refractivity contribution in [1.29, 1.82) is 0 Å². The van der Waals surface area contributed by atoms with Crippen LogP contribution < -0.4 is 18.9 Å². The molecule has 0 heterocycles. The first-order valence-electron chi connectivity index (χ1n) is 11.1. The maximum atomic E-state index is 13.4. The van der Waals surface area contributed by atoms with E-state index in [1.165, 1.54) is 26.8 Å². The van der Waals surface area contributed by atoms with Crippen LogP contribution >= 0.6 is 0 Å². The number of amides is 2. The number of para-hydroxylation sites is 1. The van der Waals surface area contributed by atoms with E-state index in [1.807, 2.05) is 27.6 Å². The Morgan fingerprint density at radius 1 is 0.912 bits per heavy atom. The largest absolute Gasteiger partial charge is 0.493 e. The van der Waals surface area contributed by atoms with Gasteiger partial charge >= 0.3 is 10.2 Å². The molecule has 2 aromatic rings. The SMILES string of the molecule is CNS(=O)(=O)NC(=O)CCCCN(CCCc1ccccc1)C(=O)c1cccc(OC)c1OC. The molecule has 186 valence electrons. The van der Waals surface area contributed by atoms with Gasteiger partial charge in [-0.2, -0.15) is 8.42 Å². The van der Waals surface area contributed by atoms with Crippen molar-refractivity contribution in [2.45, 2.75) is 32.1 Å². The molecule has 0 radical (unpaired) electrons.